The monoisotopic (exact) mass is 547 g/mol. The topological polar surface area (TPSA) is 86.8 Å². The number of amides is 2. The maximum atomic E-state index is 13.3. The van der Waals surface area contributed by atoms with E-state index in [2.05, 4.69) is 5.32 Å². The Morgan fingerprint density at radius 1 is 1.06 bits per heavy atom. The lowest BCUT2D eigenvalue weighted by molar-refractivity contribution is -0.141. The number of rotatable bonds is 11. The highest BCUT2D eigenvalue weighted by molar-refractivity contribution is 7.92. The lowest BCUT2D eigenvalue weighted by Gasteiger charge is -2.31. The summed E-state index contributed by atoms with van der Waals surface area (Å²) >= 11 is 18.3. The summed E-state index contributed by atoms with van der Waals surface area (Å²) in [5.74, 6) is -0.585. The van der Waals surface area contributed by atoms with E-state index < -0.39 is 16.1 Å². The van der Waals surface area contributed by atoms with Crippen LogP contribution in [0.5, 0.6) is 0 Å². The van der Waals surface area contributed by atoms with Gasteiger partial charge in [0.25, 0.3) is 0 Å². The fraction of sp³-hybridized carbons (Fsp3) is 0.391. The summed E-state index contributed by atoms with van der Waals surface area (Å²) in [7, 11) is -2.08. The lowest BCUT2D eigenvalue weighted by atomic mass is 10.1. The highest BCUT2D eigenvalue weighted by Gasteiger charge is 2.28. The summed E-state index contributed by atoms with van der Waals surface area (Å²) in [6, 6.07) is 10.8. The molecular weight excluding hydrogens is 521 g/mol. The second-order valence-corrected chi connectivity index (χ2v) is 10.9. The van der Waals surface area contributed by atoms with Gasteiger partial charge >= 0.3 is 0 Å². The summed E-state index contributed by atoms with van der Waals surface area (Å²) in [6.45, 7) is 2.01. The Balaban J connectivity index is 2.22. The number of halogens is 3. The van der Waals surface area contributed by atoms with Gasteiger partial charge in [0.1, 0.15) is 6.04 Å². The van der Waals surface area contributed by atoms with Gasteiger partial charge in [-0.1, -0.05) is 53.9 Å². The zero-order chi connectivity index (χ0) is 25.5. The van der Waals surface area contributed by atoms with Gasteiger partial charge in [-0.05, 0) is 48.7 Å². The van der Waals surface area contributed by atoms with Gasteiger partial charge in [-0.25, -0.2) is 8.42 Å². The Morgan fingerprint density at radius 2 is 1.74 bits per heavy atom. The van der Waals surface area contributed by atoms with E-state index in [-0.39, 0.29) is 37.7 Å². The summed E-state index contributed by atoms with van der Waals surface area (Å²) in [5.41, 5.74) is 1.07. The molecule has 0 radical (unpaired) electrons. The molecule has 0 saturated heterocycles. The summed E-state index contributed by atoms with van der Waals surface area (Å²) in [5, 5.41) is 3.86. The summed E-state index contributed by atoms with van der Waals surface area (Å²) < 4.78 is 25.9. The van der Waals surface area contributed by atoms with Gasteiger partial charge in [0.05, 0.1) is 11.9 Å². The van der Waals surface area contributed by atoms with E-state index in [0.717, 1.165) is 6.26 Å². The maximum absolute atomic E-state index is 13.3. The normalized spacial score (nSPS) is 12.2. The van der Waals surface area contributed by atoms with Crippen LogP contribution in [-0.2, 0) is 26.2 Å². The van der Waals surface area contributed by atoms with E-state index >= 15 is 0 Å². The molecule has 11 heteroatoms. The first-order chi connectivity index (χ1) is 16.0. The number of carbonyl (C=O) groups excluding carboxylic acids is 2. The van der Waals surface area contributed by atoms with E-state index in [1.807, 2.05) is 6.92 Å². The second-order valence-electron chi connectivity index (χ2n) is 7.71. The minimum absolute atomic E-state index is 0.0330. The van der Waals surface area contributed by atoms with Crippen LogP contribution in [0, 0.1) is 0 Å². The van der Waals surface area contributed by atoms with Crippen LogP contribution in [0.25, 0.3) is 0 Å². The van der Waals surface area contributed by atoms with Crippen LogP contribution >= 0.6 is 34.8 Å². The van der Waals surface area contributed by atoms with Crippen LogP contribution in [0.4, 0.5) is 5.69 Å². The average Bonchev–Trinajstić information content (AvgIpc) is 2.76. The Kier molecular flexibility index (Phi) is 10.5. The number of likely N-dealkylation sites (N-methyl/N-ethyl adjacent to an activating group) is 1. The van der Waals surface area contributed by atoms with Crippen molar-refractivity contribution in [1.82, 2.24) is 10.2 Å². The molecule has 2 amide bonds. The molecule has 0 aromatic heterocycles. The molecule has 1 atom stereocenters. The molecule has 0 fully saturated rings. The van der Waals surface area contributed by atoms with Crippen LogP contribution in [0.15, 0.2) is 42.5 Å². The quantitative estimate of drug-likeness (QED) is 0.439. The predicted octanol–water partition coefficient (Wildman–Crippen LogP) is 4.75. The van der Waals surface area contributed by atoms with Gasteiger partial charge in [0, 0.05) is 41.6 Å². The van der Waals surface area contributed by atoms with Gasteiger partial charge in [-0.3, -0.25) is 13.9 Å². The first-order valence-corrected chi connectivity index (χ1v) is 13.6. The van der Waals surface area contributed by atoms with E-state index in [0.29, 0.717) is 32.7 Å². The number of sulfonamides is 1. The van der Waals surface area contributed by atoms with Crippen LogP contribution in [-0.4, -0.2) is 51.0 Å². The molecule has 0 heterocycles. The highest BCUT2D eigenvalue weighted by atomic mass is 35.5. The van der Waals surface area contributed by atoms with E-state index in [1.54, 1.807) is 42.5 Å². The number of benzene rings is 2. The number of nitrogens with zero attached hydrogens (tertiary/aromatic N) is 2. The molecule has 2 rings (SSSR count). The highest BCUT2D eigenvalue weighted by Crippen LogP contribution is 2.25. The van der Waals surface area contributed by atoms with Crippen molar-refractivity contribution in [2.75, 3.05) is 24.2 Å². The Labute approximate surface area is 216 Å². The smallest absolute Gasteiger partial charge is 0.242 e. The SMILES string of the molecule is CC[C@@H](C(=O)NC)N(Cc1ccc(Cl)cc1Cl)C(=O)CCCN(c1cccc(Cl)c1)S(C)(=O)=O. The number of nitrogens with one attached hydrogen (secondary N) is 1. The van der Waals surface area contributed by atoms with Gasteiger partial charge in [0.15, 0.2) is 0 Å². The molecule has 7 nitrogen and oxygen atoms in total. The molecule has 0 aliphatic rings. The first-order valence-electron chi connectivity index (χ1n) is 10.7. The number of hydrogen-bond acceptors (Lipinski definition) is 4. The third kappa shape index (κ3) is 7.77. The third-order valence-corrected chi connectivity index (χ3v) is 7.25. The van der Waals surface area contributed by atoms with Crippen LogP contribution < -0.4 is 9.62 Å². The number of anilines is 1. The van der Waals surface area contributed by atoms with Gasteiger partial charge in [-0.2, -0.15) is 0 Å². The lowest BCUT2D eigenvalue weighted by Crippen LogP contribution is -2.48. The van der Waals surface area contributed by atoms with Crippen molar-refractivity contribution in [3.63, 3.8) is 0 Å². The molecule has 0 spiro atoms. The zero-order valence-corrected chi connectivity index (χ0v) is 22.3. The number of carbonyl (C=O) groups is 2. The van der Waals surface area contributed by atoms with Crippen molar-refractivity contribution < 1.29 is 18.0 Å². The predicted molar refractivity (Wildman–Crippen MR) is 138 cm³/mol. The van der Waals surface area contributed by atoms with Crippen molar-refractivity contribution in [2.24, 2.45) is 0 Å². The minimum Gasteiger partial charge on any atom is -0.357 e. The second kappa shape index (κ2) is 12.6. The number of hydrogen-bond donors (Lipinski definition) is 1. The molecule has 186 valence electrons. The standard InChI is InChI=1S/C23H28Cl3N3O4S/c1-4-21(23(31)27-2)28(15-16-10-11-18(25)14-20(16)26)22(30)9-6-12-29(34(3,32)33)19-8-5-7-17(24)13-19/h5,7-8,10-11,13-14,21H,4,6,9,12,15H2,1-3H3,(H,27,31)/t21-/m0/s1. The van der Waals surface area contributed by atoms with Crippen molar-refractivity contribution in [2.45, 2.75) is 38.8 Å². The van der Waals surface area contributed by atoms with Crippen LogP contribution in [0.1, 0.15) is 31.7 Å². The molecular formula is C23H28Cl3N3O4S. The van der Waals surface area contributed by atoms with Crippen molar-refractivity contribution in [3.05, 3.63) is 63.1 Å². The zero-order valence-electron chi connectivity index (χ0n) is 19.2. The minimum atomic E-state index is -3.59. The average molecular weight is 549 g/mol. The first kappa shape index (κ1) is 28.2. The molecule has 0 aliphatic carbocycles. The molecule has 1 N–H and O–H groups in total. The van der Waals surface area contributed by atoms with Crippen molar-refractivity contribution in [1.29, 1.82) is 0 Å². The summed E-state index contributed by atoms with van der Waals surface area (Å²) in [6.07, 6.45) is 1.77. The Bertz CT molecular complexity index is 1130. The largest absolute Gasteiger partial charge is 0.357 e. The van der Waals surface area contributed by atoms with E-state index in [4.69, 9.17) is 34.8 Å². The van der Waals surface area contributed by atoms with Crippen molar-refractivity contribution in [3.8, 4) is 0 Å². The molecule has 2 aromatic rings. The molecule has 0 aliphatic heterocycles. The van der Waals surface area contributed by atoms with Crippen LogP contribution in [0.2, 0.25) is 15.1 Å². The molecule has 2 aromatic carbocycles. The fourth-order valence-electron chi connectivity index (χ4n) is 3.55. The van der Waals surface area contributed by atoms with Crippen molar-refractivity contribution >= 4 is 62.3 Å². The molecule has 0 saturated carbocycles. The van der Waals surface area contributed by atoms with Gasteiger partial charge in [-0.15, -0.1) is 0 Å². The van der Waals surface area contributed by atoms with Gasteiger partial charge in [0.2, 0.25) is 21.8 Å². The van der Waals surface area contributed by atoms with E-state index in [9.17, 15) is 18.0 Å². The Hall–Kier alpha value is -2.00. The summed E-state index contributed by atoms with van der Waals surface area (Å²) in [4.78, 5) is 27.2. The van der Waals surface area contributed by atoms with Gasteiger partial charge < -0.3 is 10.2 Å². The third-order valence-electron chi connectivity index (χ3n) is 5.24. The molecule has 0 unspecified atom stereocenters. The fourth-order valence-corrected chi connectivity index (χ4v) is 5.16. The molecule has 34 heavy (non-hydrogen) atoms. The molecule has 0 bridgehead atoms. The van der Waals surface area contributed by atoms with E-state index in [1.165, 1.54) is 16.3 Å². The Morgan fingerprint density at radius 3 is 2.29 bits per heavy atom. The maximum Gasteiger partial charge on any atom is 0.242 e. The van der Waals surface area contributed by atoms with Crippen LogP contribution in [0.3, 0.4) is 0 Å².